The number of thiocarbonyl (C=S) groups is 1. The van der Waals surface area contributed by atoms with E-state index in [9.17, 15) is 13.2 Å². The summed E-state index contributed by atoms with van der Waals surface area (Å²) in [4.78, 5) is 3.57. The Morgan fingerprint density at radius 2 is 2.07 bits per heavy atom. The van der Waals surface area contributed by atoms with E-state index >= 15 is 0 Å². The van der Waals surface area contributed by atoms with Crippen molar-refractivity contribution in [2.45, 2.75) is 6.36 Å². The molecule has 0 aliphatic carbocycles. The van der Waals surface area contributed by atoms with Gasteiger partial charge in [0.25, 0.3) is 0 Å². The highest BCUT2D eigenvalue weighted by molar-refractivity contribution is 9.10. The van der Waals surface area contributed by atoms with Crippen LogP contribution in [0.4, 0.5) is 18.9 Å². The Balaban J connectivity index is 3.02. The van der Waals surface area contributed by atoms with Crippen molar-refractivity contribution in [2.24, 2.45) is 4.99 Å². The first-order valence-electron chi connectivity index (χ1n) is 3.55. The fourth-order valence-electron chi connectivity index (χ4n) is 0.824. The van der Waals surface area contributed by atoms with Crippen molar-refractivity contribution in [1.29, 1.82) is 0 Å². The van der Waals surface area contributed by atoms with Crippen molar-refractivity contribution in [3.63, 3.8) is 0 Å². The predicted molar refractivity (Wildman–Crippen MR) is 55.5 cm³/mol. The van der Waals surface area contributed by atoms with Gasteiger partial charge in [0.15, 0.2) is 0 Å². The highest BCUT2D eigenvalue weighted by Gasteiger charge is 2.31. The van der Waals surface area contributed by atoms with Crippen LogP contribution in [-0.4, -0.2) is 11.5 Å². The quantitative estimate of drug-likeness (QED) is 0.606. The normalized spacial score (nSPS) is 10.7. The van der Waals surface area contributed by atoms with Crippen LogP contribution in [0.3, 0.4) is 0 Å². The van der Waals surface area contributed by atoms with Gasteiger partial charge in [0.2, 0.25) is 0 Å². The largest absolute Gasteiger partial charge is 0.573 e. The molecule has 0 unspecified atom stereocenters. The molecular weight excluding hydrogens is 295 g/mol. The molecule has 15 heavy (non-hydrogen) atoms. The van der Waals surface area contributed by atoms with Crippen LogP contribution in [0.1, 0.15) is 0 Å². The molecule has 1 aromatic carbocycles. The summed E-state index contributed by atoms with van der Waals surface area (Å²) in [6, 6.07) is 3.66. The summed E-state index contributed by atoms with van der Waals surface area (Å²) in [5.74, 6) is -0.352. The van der Waals surface area contributed by atoms with Crippen molar-refractivity contribution < 1.29 is 17.9 Å². The third-order valence-electron chi connectivity index (χ3n) is 1.32. The lowest BCUT2D eigenvalue weighted by atomic mass is 10.3. The van der Waals surface area contributed by atoms with Gasteiger partial charge in [-0.1, -0.05) is 0 Å². The summed E-state index contributed by atoms with van der Waals surface area (Å²) >= 11 is 7.44. The zero-order chi connectivity index (χ0) is 11.5. The SMILES string of the molecule is FC(F)(F)Oc1ccc(Br)c(N=C=S)c1. The molecule has 0 aromatic heterocycles. The highest BCUT2D eigenvalue weighted by Crippen LogP contribution is 2.31. The van der Waals surface area contributed by atoms with Crippen LogP contribution < -0.4 is 4.74 Å². The van der Waals surface area contributed by atoms with E-state index in [1.165, 1.54) is 12.1 Å². The van der Waals surface area contributed by atoms with E-state index in [0.717, 1.165) is 6.07 Å². The first-order chi connectivity index (χ1) is 6.92. The molecule has 0 N–H and O–H groups in total. The number of hydrogen-bond donors (Lipinski definition) is 0. The average Bonchev–Trinajstić information content (AvgIpc) is 2.09. The molecule has 0 heterocycles. The van der Waals surface area contributed by atoms with Gasteiger partial charge in [-0.05, 0) is 40.3 Å². The van der Waals surface area contributed by atoms with Crippen LogP contribution >= 0.6 is 28.1 Å². The molecule has 2 nitrogen and oxygen atoms in total. The summed E-state index contributed by atoms with van der Waals surface area (Å²) in [6.45, 7) is 0. The average molecular weight is 298 g/mol. The Labute approximate surface area is 96.9 Å². The van der Waals surface area contributed by atoms with Crippen LogP contribution in [0.5, 0.6) is 5.75 Å². The monoisotopic (exact) mass is 297 g/mol. The second kappa shape index (κ2) is 4.74. The van der Waals surface area contributed by atoms with Gasteiger partial charge in [0.05, 0.1) is 10.8 Å². The van der Waals surface area contributed by atoms with E-state index in [-0.39, 0.29) is 11.4 Å². The lowest BCUT2D eigenvalue weighted by Gasteiger charge is -2.09. The molecule has 0 amide bonds. The topological polar surface area (TPSA) is 21.6 Å². The molecule has 0 atom stereocenters. The van der Waals surface area contributed by atoms with Gasteiger partial charge >= 0.3 is 6.36 Å². The fourth-order valence-corrected chi connectivity index (χ4v) is 1.26. The number of hydrogen-bond acceptors (Lipinski definition) is 3. The van der Waals surface area contributed by atoms with E-state index in [1.807, 2.05) is 0 Å². The number of ether oxygens (including phenoxy) is 1. The van der Waals surface area contributed by atoms with Gasteiger partial charge in [-0.2, -0.15) is 4.99 Å². The van der Waals surface area contributed by atoms with Crippen LogP contribution in [0.25, 0.3) is 0 Å². The predicted octanol–water partition coefficient (Wildman–Crippen LogP) is 4.08. The summed E-state index contributed by atoms with van der Waals surface area (Å²) in [7, 11) is 0. The number of rotatable bonds is 2. The zero-order valence-electron chi connectivity index (χ0n) is 7.01. The maximum atomic E-state index is 11.9. The lowest BCUT2D eigenvalue weighted by Crippen LogP contribution is -2.16. The van der Waals surface area contributed by atoms with Gasteiger partial charge in [-0.15, -0.1) is 13.2 Å². The van der Waals surface area contributed by atoms with Gasteiger partial charge in [0, 0.05) is 10.5 Å². The molecule has 0 bridgehead atoms. The van der Waals surface area contributed by atoms with Crippen molar-refractivity contribution in [3.8, 4) is 5.75 Å². The number of aliphatic imine (C=N–C) groups is 1. The smallest absolute Gasteiger partial charge is 0.406 e. The minimum atomic E-state index is -4.72. The molecule has 0 radical (unpaired) electrons. The minimum Gasteiger partial charge on any atom is -0.406 e. The van der Waals surface area contributed by atoms with Crippen molar-refractivity contribution in [1.82, 2.24) is 0 Å². The van der Waals surface area contributed by atoms with Crippen LogP contribution in [0, 0.1) is 0 Å². The fraction of sp³-hybridized carbons (Fsp3) is 0.125. The minimum absolute atomic E-state index is 0.228. The second-order valence-electron chi connectivity index (χ2n) is 2.36. The summed E-state index contributed by atoms with van der Waals surface area (Å²) in [6.07, 6.45) is -4.72. The molecule has 0 saturated carbocycles. The summed E-state index contributed by atoms with van der Waals surface area (Å²) in [5.41, 5.74) is 0.228. The lowest BCUT2D eigenvalue weighted by molar-refractivity contribution is -0.274. The number of isothiocyanates is 1. The standard InChI is InChI=1S/C8H3BrF3NOS/c9-6-2-1-5(14-8(10,11)12)3-7(6)13-4-15/h1-3H. The third-order valence-corrected chi connectivity index (χ3v) is 2.08. The number of benzene rings is 1. The molecule has 7 heteroatoms. The van der Waals surface area contributed by atoms with Gasteiger partial charge in [-0.3, -0.25) is 0 Å². The number of nitrogens with zero attached hydrogens (tertiary/aromatic N) is 1. The molecule has 0 aliphatic heterocycles. The molecule has 0 saturated heterocycles. The van der Waals surface area contributed by atoms with Crippen molar-refractivity contribution >= 4 is 39.0 Å². The highest BCUT2D eigenvalue weighted by atomic mass is 79.9. The van der Waals surface area contributed by atoms with E-state index in [1.54, 1.807) is 0 Å². The van der Waals surface area contributed by atoms with E-state index in [4.69, 9.17) is 0 Å². The Bertz CT molecular complexity index is 415. The Kier molecular flexibility index (Phi) is 3.84. The van der Waals surface area contributed by atoms with E-state index < -0.39 is 6.36 Å². The van der Waals surface area contributed by atoms with Crippen LogP contribution in [0.15, 0.2) is 27.7 Å². The molecule has 1 aromatic rings. The number of alkyl halides is 3. The maximum absolute atomic E-state index is 11.9. The Hall–Kier alpha value is -0.910. The van der Waals surface area contributed by atoms with Crippen LogP contribution in [-0.2, 0) is 0 Å². The third kappa shape index (κ3) is 3.99. The Morgan fingerprint density at radius 3 is 2.60 bits per heavy atom. The van der Waals surface area contributed by atoms with Crippen molar-refractivity contribution in [2.75, 3.05) is 0 Å². The summed E-state index contributed by atoms with van der Waals surface area (Å²) in [5, 5.41) is 2.06. The van der Waals surface area contributed by atoms with Crippen molar-refractivity contribution in [3.05, 3.63) is 22.7 Å². The first kappa shape index (κ1) is 12.2. The van der Waals surface area contributed by atoms with Crippen LogP contribution in [0.2, 0.25) is 0 Å². The molecule has 0 spiro atoms. The maximum Gasteiger partial charge on any atom is 0.573 e. The van der Waals surface area contributed by atoms with Gasteiger partial charge in [-0.25, -0.2) is 0 Å². The molecule has 0 aliphatic rings. The molecule has 80 valence electrons. The molecular formula is C8H3BrF3NOS. The second-order valence-corrected chi connectivity index (χ2v) is 3.40. The zero-order valence-corrected chi connectivity index (χ0v) is 9.41. The Morgan fingerprint density at radius 1 is 1.40 bits per heavy atom. The molecule has 0 fully saturated rings. The van der Waals surface area contributed by atoms with E-state index in [0.29, 0.717) is 4.47 Å². The van der Waals surface area contributed by atoms with Gasteiger partial charge < -0.3 is 4.74 Å². The first-order valence-corrected chi connectivity index (χ1v) is 4.75. The summed E-state index contributed by atoms with van der Waals surface area (Å²) < 4.78 is 39.8. The van der Waals surface area contributed by atoms with Gasteiger partial charge in [0.1, 0.15) is 5.75 Å². The van der Waals surface area contributed by atoms with E-state index in [2.05, 4.69) is 43.0 Å². The number of halogens is 4. The molecule has 1 rings (SSSR count).